The third kappa shape index (κ3) is 6.96. The van der Waals surface area contributed by atoms with Crippen molar-refractivity contribution >= 4 is 17.4 Å². The van der Waals surface area contributed by atoms with Crippen LogP contribution in [0.2, 0.25) is 0 Å². The SMILES string of the molecule is CN(C)/C=C(\CC(=O)OCCN1CCN(c2ccccc2)CC1)C(=O)c1ccccc1. The van der Waals surface area contributed by atoms with E-state index in [1.807, 2.05) is 38.4 Å². The van der Waals surface area contributed by atoms with Gasteiger partial charge in [-0.1, -0.05) is 48.5 Å². The normalized spacial score (nSPS) is 14.9. The van der Waals surface area contributed by atoms with E-state index in [1.165, 1.54) is 5.69 Å². The number of benzene rings is 2. The molecule has 1 heterocycles. The molecule has 0 spiro atoms. The van der Waals surface area contributed by atoms with Gasteiger partial charge in [-0.2, -0.15) is 0 Å². The molecule has 1 aliphatic rings. The monoisotopic (exact) mass is 421 g/mol. The number of para-hydroxylation sites is 1. The molecule has 0 aliphatic carbocycles. The van der Waals surface area contributed by atoms with Gasteiger partial charge >= 0.3 is 5.97 Å². The van der Waals surface area contributed by atoms with Crippen LogP contribution >= 0.6 is 0 Å². The minimum atomic E-state index is -0.375. The zero-order chi connectivity index (χ0) is 22.1. The van der Waals surface area contributed by atoms with Crippen LogP contribution in [0.1, 0.15) is 16.8 Å². The summed E-state index contributed by atoms with van der Waals surface area (Å²) in [5.74, 6) is -0.524. The first-order chi connectivity index (χ1) is 15.0. The average Bonchev–Trinajstić information content (AvgIpc) is 2.79. The summed E-state index contributed by atoms with van der Waals surface area (Å²) in [7, 11) is 3.66. The Morgan fingerprint density at radius 3 is 2.16 bits per heavy atom. The number of hydrogen-bond acceptors (Lipinski definition) is 6. The lowest BCUT2D eigenvalue weighted by Gasteiger charge is -2.35. The van der Waals surface area contributed by atoms with Crippen LogP contribution in [-0.2, 0) is 9.53 Å². The van der Waals surface area contributed by atoms with Crippen molar-refractivity contribution in [3.8, 4) is 0 Å². The van der Waals surface area contributed by atoms with Crippen LogP contribution in [0.25, 0.3) is 0 Å². The van der Waals surface area contributed by atoms with Gasteiger partial charge in [0.25, 0.3) is 0 Å². The van der Waals surface area contributed by atoms with Crippen LogP contribution in [0.5, 0.6) is 0 Å². The summed E-state index contributed by atoms with van der Waals surface area (Å²) in [4.78, 5) is 31.6. The second-order valence-electron chi connectivity index (χ2n) is 7.87. The lowest BCUT2D eigenvalue weighted by molar-refractivity contribution is -0.143. The van der Waals surface area contributed by atoms with Gasteiger partial charge in [-0.15, -0.1) is 0 Å². The molecule has 2 aromatic carbocycles. The molecule has 2 aromatic rings. The highest BCUT2D eigenvalue weighted by atomic mass is 16.5. The Kier molecular flexibility index (Phi) is 8.24. The first kappa shape index (κ1) is 22.6. The molecular formula is C25H31N3O3. The van der Waals surface area contributed by atoms with Crippen molar-refractivity contribution in [1.82, 2.24) is 9.80 Å². The molecule has 0 bridgehead atoms. The van der Waals surface area contributed by atoms with Crippen molar-refractivity contribution in [1.29, 1.82) is 0 Å². The molecule has 0 aromatic heterocycles. The Labute approximate surface area is 184 Å². The summed E-state index contributed by atoms with van der Waals surface area (Å²) >= 11 is 0. The third-order valence-corrected chi connectivity index (χ3v) is 5.24. The van der Waals surface area contributed by atoms with Crippen molar-refractivity contribution in [2.75, 3.05) is 58.3 Å². The molecule has 0 saturated carbocycles. The van der Waals surface area contributed by atoms with Crippen LogP contribution in [-0.4, -0.2) is 75.0 Å². The molecule has 0 amide bonds. The fourth-order valence-electron chi connectivity index (χ4n) is 3.63. The zero-order valence-electron chi connectivity index (χ0n) is 18.4. The van der Waals surface area contributed by atoms with Crippen molar-refractivity contribution in [2.45, 2.75) is 6.42 Å². The summed E-state index contributed by atoms with van der Waals surface area (Å²) in [6.45, 7) is 4.82. The molecule has 31 heavy (non-hydrogen) atoms. The maximum atomic E-state index is 12.8. The number of ketones is 1. The van der Waals surface area contributed by atoms with E-state index in [1.54, 1.807) is 23.2 Å². The summed E-state index contributed by atoms with van der Waals surface area (Å²) < 4.78 is 5.45. The number of nitrogens with zero attached hydrogens (tertiary/aromatic N) is 3. The maximum Gasteiger partial charge on any atom is 0.310 e. The second-order valence-corrected chi connectivity index (χ2v) is 7.87. The molecule has 6 heteroatoms. The number of esters is 1. The van der Waals surface area contributed by atoms with E-state index in [4.69, 9.17) is 4.74 Å². The van der Waals surface area contributed by atoms with Crippen LogP contribution in [0.4, 0.5) is 5.69 Å². The van der Waals surface area contributed by atoms with Crippen LogP contribution in [0, 0.1) is 0 Å². The standard InChI is InChI=1S/C25H31N3O3/c1-26(2)20-22(25(30)21-9-5-3-6-10-21)19-24(29)31-18-17-27-13-15-28(16-14-27)23-11-7-4-8-12-23/h3-12,20H,13-19H2,1-2H3/b22-20+. The Hall–Kier alpha value is -3.12. The first-order valence-electron chi connectivity index (χ1n) is 10.7. The van der Waals surface area contributed by atoms with Crippen molar-refractivity contribution < 1.29 is 14.3 Å². The fraction of sp³-hybridized carbons (Fsp3) is 0.360. The highest BCUT2D eigenvalue weighted by Gasteiger charge is 2.19. The number of piperazine rings is 1. The Morgan fingerprint density at radius 2 is 1.55 bits per heavy atom. The van der Waals surface area contributed by atoms with E-state index in [0.29, 0.717) is 24.3 Å². The van der Waals surface area contributed by atoms with Gasteiger partial charge in [-0.25, -0.2) is 0 Å². The Balaban J connectivity index is 1.44. The van der Waals surface area contributed by atoms with E-state index in [9.17, 15) is 9.59 Å². The Bertz CT molecular complexity index is 873. The molecule has 0 radical (unpaired) electrons. The number of Topliss-reactive ketones (excluding diaryl/α,β-unsaturated/α-hetero) is 1. The van der Waals surface area contributed by atoms with Crippen molar-refractivity contribution in [2.24, 2.45) is 0 Å². The maximum absolute atomic E-state index is 12.8. The van der Waals surface area contributed by atoms with Crippen LogP contribution < -0.4 is 4.90 Å². The first-order valence-corrected chi connectivity index (χ1v) is 10.7. The number of rotatable bonds is 9. The lowest BCUT2D eigenvalue weighted by Crippen LogP contribution is -2.47. The van der Waals surface area contributed by atoms with Gasteiger partial charge in [0.1, 0.15) is 6.61 Å². The highest BCUT2D eigenvalue weighted by molar-refractivity contribution is 6.10. The highest BCUT2D eigenvalue weighted by Crippen LogP contribution is 2.16. The topological polar surface area (TPSA) is 53.1 Å². The number of ether oxygens (including phenoxy) is 1. The fourth-order valence-corrected chi connectivity index (χ4v) is 3.63. The van der Waals surface area contributed by atoms with Gasteiger partial charge < -0.3 is 14.5 Å². The van der Waals surface area contributed by atoms with Crippen LogP contribution in [0.15, 0.2) is 72.4 Å². The minimum absolute atomic E-state index is 0.0340. The third-order valence-electron chi connectivity index (χ3n) is 5.24. The molecule has 0 N–H and O–H groups in total. The largest absolute Gasteiger partial charge is 0.464 e. The molecule has 6 nitrogen and oxygen atoms in total. The number of carbonyl (C=O) groups excluding carboxylic acids is 2. The van der Waals surface area contributed by atoms with Gasteiger partial charge in [0.05, 0.1) is 6.42 Å². The molecule has 3 rings (SSSR count). The van der Waals surface area contributed by atoms with Gasteiger partial charge in [-0.3, -0.25) is 14.5 Å². The van der Waals surface area contributed by atoms with Crippen molar-refractivity contribution in [3.63, 3.8) is 0 Å². The number of hydrogen-bond donors (Lipinski definition) is 0. The predicted molar refractivity (Wildman–Crippen MR) is 123 cm³/mol. The molecule has 164 valence electrons. The minimum Gasteiger partial charge on any atom is -0.464 e. The van der Waals surface area contributed by atoms with Gasteiger partial charge in [0.15, 0.2) is 5.78 Å². The van der Waals surface area contributed by atoms with Crippen LogP contribution in [0.3, 0.4) is 0 Å². The molecule has 0 atom stereocenters. The lowest BCUT2D eigenvalue weighted by atomic mass is 10.0. The zero-order valence-corrected chi connectivity index (χ0v) is 18.4. The van der Waals surface area contributed by atoms with E-state index < -0.39 is 0 Å². The average molecular weight is 422 g/mol. The van der Waals surface area contributed by atoms with Gasteiger partial charge in [0.2, 0.25) is 0 Å². The molecular weight excluding hydrogens is 390 g/mol. The molecule has 0 unspecified atom stereocenters. The molecule has 1 fully saturated rings. The van der Waals surface area contributed by atoms with E-state index in [0.717, 1.165) is 26.2 Å². The molecule has 1 saturated heterocycles. The smallest absolute Gasteiger partial charge is 0.310 e. The summed E-state index contributed by atoms with van der Waals surface area (Å²) in [5.41, 5.74) is 2.24. The van der Waals surface area contributed by atoms with Gasteiger partial charge in [-0.05, 0) is 12.1 Å². The summed E-state index contributed by atoms with van der Waals surface area (Å²) in [6, 6.07) is 19.4. The number of carbonyl (C=O) groups is 2. The predicted octanol–water partition coefficient (Wildman–Crippen LogP) is 3.07. The van der Waals surface area contributed by atoms with E-state index in [2.05, 4.69) is 34.1 Å². The van der Waals surface area contributed by atoms with E-state index in [-0.39, 0.29) is 18.2 Å². The summed E-state index contributed by atoms with van der Waals surface area (Å²) in [6.07, 6.45) is 1.66. The number of anilines is 1. The molecule has 1 aliphatic heterocycles. The Morgan fingerprint density at radius 1 is 0.935 bits per heavy atom. The summed E-state index contributed by atoms with van der Waals surface area (Å²) in [5, 5.41) is 0. The van der Waals surface area contributed by atoms with E-state index >= 15 is 0 Å². The second kappa shape index (κ2) is 11.3. The van der Waals surface area contributed by atoms with Gasteiger partial charge in [0, 0.05) is 69.8 Å². The quantitative estimate of drug-likeness (QED) is 0.352. The van der Waals surface area contributed by atoms with Crippen molar-refractivity contribution in [3.05, 3.63) is 78.0 Å².